The Morgan fingerprint density at radius 1 is 1.15 bits per heavy atom. The molecule has 0 aliphatic carbocycles. The number of methoxy groups -OCH3 is 1. The van der Waals surface area contributed by atoms with Gasteiger partial charge in [0, 0.05) is 4.88 Å². The monoisotopic (exact) mass is 289 g/mol. The van der Waals surface area contributed by atoms with Crippen LogP contribution in [-0.4, -0.2) is 20.2 Å². The fraction of sp³-hybridized carbons (Fsp3) is 0.412. The van der Waals surface area contributed by atoms with Crippen molar-refractivity contribution in [2.75, 3.05) is 20.2 Å². The zero-order valence-electron chi connectivity index (χ0n) is 12.3. The lowest BCUT2D eigenvalue weighted by Gasteiger charge is -2.17. The highest BCUT2D eigenvalue weighted by molar-refractivity contribution is 7.09. The molecule has 2 rings (SSSR count). The van der Waals surface area contributed by atoms with E-state index in [1.54, 1.807) is 7.11 Å². The predicted molar refractivity (Wildman–Crippen MR) is 86.8 cm³/mol. The Balaban J connectivity index is 1.98. The van der Waals surface area contributed by atoms with Gasteiger partial charge in [0.25, 0.3) is 0 Å². The van der Waals surface area contributed by atoms with Crippen LogP contribution in [0.15, 0.2) is 41.8 Å². The summed E-state index contributed by atoms with van der Waals surface area (Å²) in [6, 6.07) is 12.8. The van der Waals surface area contributed by atoms with Crippen molar-refractivity contribution in [1.82, 2.24) is 5.32 Å². The quantitative estimate of drug-likeness (QED) is 0.799. The SMILES string of the molecule is CCNCC(Cc1ccc(OC)cc1)Cc1cccs1. The second kappa shape index (κ2) is 8.08. The number of nitrogens with one attached hydrogen (secondary N) is 1. The normalized spacial score (nSPS) is 12.3. The van der Waals surface area contributed by atoms with Gasteiger partial charge in [-0.05, 0) is 61.0 Å². The third kappa shape index (κ3) is 4.66. The first-order valence-corrected chi connectivity index (χ1v) is 8.05. The number of hydrogen-bond donors (Lipinski definition) is 1. The van der Waals surface area contributed by atoms with Gasteiger partial charge < -0.3 is 10.1 Å². The molecule has 1 unspecified atom stereocenters. The highest BCUT2D eigenvalue weighted by atomic mass is 32.1. The topological polar surface area (TPSA) is 21.3 Å². The fourth-order valence-corrected chi connectivity index (χ4v) is 3.19. The highest BCUT2D eigenvalue weighted by Gasteiger charge is 2.11. The smallest absolute Gasteiger partial charge is 0.118 e. The van der Waals surface area contributed by atoms with Crippen molar-refractivity contribution in [3.05, 3.63) is 52.2 Å². The molecule has 0 saturated carbocycles. The van der Waals surface area contributed by atoms with Crippen LogP contribution < -0.4 is 10.1 Å². The Hall–Kier alpha value is -1.32. The Kier molecular flexibility index (Phi) is 6.09. The van der Waals surface area contributed by atoms with Crippen molar-refractivity contribution in [2.45, 2.75) is 19.8 Å². The van der Waals surface area contributed by atoms with Crippen molar-refractivity contribution < 1.29 is 4.74 Å². The molecule has 1 aromatic carbocycles. The lowest BCUT2D eigenvalue weighted by molar-refractivity contribution is 0.414. The van der Waals surface area contributed by atoms with E-state index in [4.69, 9.17) is 4.74 Å². The van der Waals surface area contributed by atoms with Crippen LogP contribution in [0, 0.1) is 5.92 Å². The molecule has 0 aliphatic heterocycles. The first kappa shape index (κ1) is 15.1. The molecule has 1 aromatic heterocycles. The summed E-state index contributed by atoms with van der Waals surface area (Å²) in [6.07, 6.45) is 2.26. The minimum atomic E-state index is 0.641. The third-order valence-corrected chi connectivity index (χ3v) is 4.34. The zero-order chi connectivity index (χ0) is 14.2. The zero-order valence-corrected chi connectivity index (χ0v) is 13.1. The van der Waals surface area contributed by atoms with Gasteiger partial charge in [0.1, 0.15) is 5.75 Å². The molecule has 0 aliphatic rings. The van der Waals surface area contributed by atoms with Gasteiger partial charge in [-0.2, -0.15) is 0 Å². The van der Waals surface area contributed by atoms with E-state index in [-0.39, 0.29) is 0 Å². The molecule has 1 heterocycles. The summed E-state index contributed by atoms with van der Waals surface area (Å²) in [5, 5.41) is 5.64. The molecule has 0 saturated heterocycles. The van der Waals surface area contributed by atoms with Crippen LogP contribution in [0.3, 0.4) is 0 Å². The van der Waals surface area contributed by atoms with Gasteiger partial charge in [-0.3, -0.25) is 0 Å². The van der Waals surface area contributed by atoms with E-state index < -0.39 is 0 Å². The number of rotatable bonds is 8. The molecule has 0 radical (unpaired) electrons. The minimum absolute atomic E-state index is 0.641. The maximum atomic E-state index is 5.21. The van der Waals surface area contributed by atoms with Crippen LogP contribution in [0.5, 0.6) is 5.75 Å². The molecule has 1 atom stereocenters. The average Bonchev–Trinajstić information content (AvgIpc) is 2.98. The molecule has 1 N–H and O–H groups in total. The summed E-state index contributed by atoms with van der Waals surface area (Å²) in [5.74, 6) is 1.57. The Morgan fingerprint density at radius 3 is 2.55 bits per heavy atom. The number of thiophene rings is 1. The largest absolute Gasteiger partial charge is 0.497 e. The first-order valence-electron chi connectivity index (χ1n) is 7.17. The molecule has 0 amide bonds. The lowest BCUT2D eigenvalue weighted by Crippen LogP contribution is -2.25. The first-order chi connectivity index (χ1) is 9.81. The summed E-state index contributed by atoms with van der Waals surface area (Å²) in [5.41, 5.74) is 1.38. The van der Waals surface area contributed by atoms with Gasteiger partial charge in [0.05, 0.1) is 7.11 Å². The second-order valence-electron chi connectivity index (χ2n) is 5.01. The van der Waals surface area contributed by atoms with Crippen molar-refractivity contribution in [3.63, 3.8) is 0 Å². The van der Waals surface area contributed by atoms with Crippen LogP contribution in [0.1, 0.15) is 17.4 Å². The van der Waals surface area contributed by atoms with Gasteiger partial charge in [-0.15, -0.1) is 11.3 Å². The fourth-order valence-electron chi connectivity index (χ4n) is 2.37. The molecular formula is C17H23NOS. The van der Waals surface area contributed by atoms with Gasteiger partial charge in [0.2, 0.25) is 0 Å². The van der Waals surface area contributed by atoms with E-state index in [0.29, 0.717) is 5.92 Å². The van der Waals surface area contributed by atoms with Crippen LogP contribution in [-0.2, 0) is 12.8 Å². The summed E-state index contributed by atoms with van der Waals surface area (Å²) in [6.45, 7) is 4.26. The summed E-state index contributed by atoms with van der Waals surface area (Å²) in [7, 11) is 1.71. The predicted octanol–water partition coefficient (Wildman–Crippen LogP) is 3.77. The second-order valence-corrected chi connectivity index (χ2v) is 6.04. The maximum absolute atomic E-state index is 5.21. The summed E-state index contributed by atoms with van der Waals surface area (Å²) >= 11 is 1.85. The summed E-state index contributed by atoms with van der Waals surface area (Å²) in [4.78, 5) is 1.47. The van der Waals surface area contributed by atoms with Crippen molar-refractivity contribution in [1.29, 1.82) is 0 Å². The standard InChI is InChI=1S/C17H23NOS/c1-3-18-13-15(12-17-5-4-10-20-17)11-14-6-8-16(19-2)9-7-14/h4-10,15,18H,3,11-13H2,1-2H3. The van der Waals surface area contributed by atoms with E-state index in [9.17, 15) is 0 Å². The average molecular weight is 289 g/mol. The number of ether oxygens (including phenoxy) is 1. The molecule has 2 nitrogen and oxygen atoms in total. The van der Waals surface area contributed by atoms with Crippen molar-refractivity contribution in [2.24, 2.45) is 5.92 Å². The Morgan fingerprint density at radius 2 is 1.95 bits per heavy atom. The highest BCUT2D eigenvalue weighted by Crippen LogP contribution is 2.19. The van der Waals surface area contributed by atoms with Crippen LogP contribution in [0.2, 0.25) is 0 Å². The van der Waals surface area contributed by atoms with Gasteiger partial charge >= 0.3 is 0 Å². The van der Waals surface area contributed by atoms with Crippen LogP contribution in [0.4, 0.5) is 0 Å². The van der Waals surface area contributed by atoms with Crippen LogP contribution in [0.25, 0.3) is 0 Å². The minimum Gasteiger partial charge on any atom is -0.497 e. The molecule has 0 spiro atoms. The van der Waals surface area contributed by atoms with Gasteiger partial charge in [-0.1, -0.05) is 25.1 Å². The Labute approximate surface area is 125 Å². The van der Waals surface area contributed by atoms with Crippen LogP contribution >= 0.6 is 11.3 Å². The van der Waals surface area contributed by atoms with E-state index in [1.165, 1.54) is 10.4 Å². The molecule has 108 valence electrons. The maximum Gasteiger partial charge on any atom is 0.118 e. The van der Waals surface area contributed by atoms with Crippen molar-refractivity contribution >= 4 is 11.3 Å². The third-order valence-electron chi connectivity index (χ3n) is 3.44. The van der Waals surface area contributed by atoms with E-state index in [0.717, 1.165) is 31.7 Å². The van der Waals surface area contributed by atoms with Gasteiger partial charge in [-0.25, -0.2) is 0 Å². The molecular weight excluding hydrogens is 266 g/mol. The molecule has 2 aromatic rings. The molecule has 0 fully saturated rings. The number of benzene rings is 1. The molecule has 20 heavy (non-hydrogen) atoms. The summed E-state index contributed by atoms with van der Waals surface area (Å²) < 4.78 is 5.21. The van der Waals surface area contributed by atoms with E-state index in [1.807, 2.05) is 23.5 Å². The Bertz CT molecular complexity index is 478. The molecule has 3 heteroatoms. The molecule has 0 bridgehead atoms. The van der Waals surface area contributed by atoms with Crippen molar-refractivity contribution in [3.8, 4) is 5.75 Å². The van der Waals surface area contributed by atoms with Gasteiger partial charge in [0.15, 0.2) is 0 Å². The number of hydrogen-bond acceptors (Lipinski definition) is 3. The lowest BCUT2D eigenvalue weighted by atomic mass is 9.95. The van der Waals surface area contributed by atoms with E-state index >= 15 is 0 Å². The van der Waals surface area contributed by atoms with E-state index in [2.05, 4.69) is 41.9 Å².